The van der Waals surface area contributed by atoms with E-state index >= 15 is 0 Å². The Labute approximate surface area is 131 Å². The number of nitrogens with zero attached hydrogens (tertiary/aromatic N) is 3. The maximum absolute atomic E-state index is 13.0. The van der Waals surface area contributed by atoms with E-state index in [1.807, 2.05) is 18.2 Å². The summed E-state index contributed by atoms with van der Waals surface area (Å²) in [5, 5.41) is 16.5. The smallest absolute Gasteiger partial charge is 0.235 e. The highest BCUT2D eigenvalue weighted by Crippen LogP contribution is 2.20. The third kappa shape index (κ3) is 3.76. The van der Waals surface area contributed by atoms with E-state index in [-0.39, 0.29) is 11.7 Å². The van der Waals surface area contributed by atoms with Gasteiger partial charge in [0.1, 0.15) is 11.7 Å². The topological polar surface area (TPSA) is 83.6 Å². The average molecular weight is 311 g/mol. The van der Waals surface area contributed by atoms with E-state index in [1.54, 1.807) is 24.3 Å². The van der Waals surface area contributed by atoms with Crippen LogP contribution in [0.1, 0.15) is 17.3 Å². The number of H-pyrrole nitrogens is 1. The molecule has 6 nitrogen and oxygen atoms in total. The van der Waals surface area contributed by atoms with Crippen molar-refractivity contribution >= 4 is 11.6 Å². The predicted octanol–water partition coefficient (Wildman–Crippen LogP) is 2.30. The minimum atomic E-state index is -0.626. The van der Waals surface area contributed by atoms with E-state index in [0.29, 0.717) is 17.9 Å². The summed E-state index contributed by atoms with van der Waals surface area (Å²) >= 11 is 0. The standard InChI is InChI=1S/C16H14FN5O/c17-12-8-6-11(7-9-12)10-14(15-19-21-22-20-15)16(23)18-13-4-2-1-3-5-13/h1-9,14H,10H2,(H,18,23)(H,19,20,21,22). The fourth-order valence-corrected chi connectivity index (χ4v) is 2.23. The number of aromatic nitrogens is 4. The highest BCUT2D eigenvalue weighted by atomic mass is 19.1. The SMILES string of the molecule is O=C(Nc1ccccc1)C(Cc1ccc(F)cc1)c1nn[nH]n1. The third-order valence-corrected chi connectivity index (χ3v) is 3.38. The molecule has 0 spiro atoms. The van der Waals surface area contributed by atoms with E-state index < -0.39 is 5.92 Å². The van der Waals surface area contributed by atoms with Crippen LogP contribution < -0.4 is 5.32 Å². The van der Waals surface area contributed by atoms with Crippen molar-refractivity contribution in [3.05, 3.63) is 71.8 Å². The Bertz CT molecular complexity index is 759. The molecule has 23 heavy (non-hydrogen) atoms. The first-order chi connectivity index (χ1) is 11.2. The van der Waals surface area contributed by atoms with Gasteiger partial charge in [-0.3, -0.25) is 4.79 Å². The van der Waals surface area contributed by atoms with Gasteiger partial charge in [-0.05, 0) is 36.2 Å². The number of rotatable bonds is 5. The molecule has 0 fully saturated rings. The fourth-order valence-electron chi connectivity index (χ4n) is 2.23. The summed E-state index contributed by atoms with van der Waals surface area (Å²) in [5.74, 6) is -0.900. The summed E-state index contributed by atoms with van der Waals surface area (Å²) in [7, 11) is 0. The molecule has 0 saturated heterocycles. The molecule has 1 amide bonds. The number of tetrazole rings is 1. The molecule has 1 heterocycles. The van der Waals surface area contributed by atoms with Crippen molar-refractivity contribution in [3.63, 3.8) is 0 Å². The van der Waals surface area contributed by atoms with Gasteiger partial charge in [0.2, 0.25) is 5.91 Å². The number of anilines is 1. The normalized spacial score (nSPS) is 11.9. The van der Waals surface area contributed by atoms with E-state index in [4.69, 9.17) is 0 Å². The summed E-state index contributed by atoms with van der Waals surface area (Å²) in [6.45, 7) is 0. The molecule has 2 N–H and O–H groups in total. The van der Waals surface area contributed by atoms with Crippen LogP contribution in [0.15, 0.2) is 54.6 Å². The van der Waals surface area contributed by atoms with Crippen molar-refractivity contribution in [1.82, 2.24) is 20.6 Å². The van der Waals surface area contributed by atoms with E-state index in [0.717, 1.165) is 5.56 Å². The molecule has 1 aromatic heterocycles. The third-order valence-electron chi connectivity index (χ3n) is 3.38. The molecule has 7 heteroatoms. The summed E-state index contributed by atoms with van der Waals surface area (Å²) < 4.78 is 13.0. The first-order valence-corrected chi connectivity index (χ1v) is 7.06. The lowest BCUT2D eigenvalue weighted by Gasteiger charge is -2.13. The molecule has 0 aliphatic carbocycles. The number of hydrogen-bond acceptors (Lipinski definition) is 4. The minimum Gasteiger partial charge on any atom is -0.325 e. The van der Waals surface area contributed by atoms with Gasteiger partial charge in [-0.15, -0.1) is 10.2 Å². The van der Waals surface area contributed by atoms with E-state index in [1.165, 1.54) is 12.1 Å². The fraction of sp³-hybridized carbons (Fsp3) is 0.125. The molecule has 3 aromatic rings. The number of amides is 1. The zero-order valence-electron chi connectivity index (χ0n) is 12.1. The number of benzene rings is 2. The largest absolute Gasteiger partial charge is 0.325 e. The minimum absolute atomic E-state index is 0.248. The van der Waals surface area contributed by atoms with Crippen molar-refractivity contribution in [2.75, 3.05) is 5.32 Å². The molecule has 1 atom stereocenters. The van der Waals surface area contributed by atoms with Crippen LogP contribution >= 0.6 is 0 Å². The lowest BCUT2D eigenvalue weighted by Crippen LogP contribution is -2.24. The highest BCUT2D eigenvalue weighted by Gasteiger charge is 2.25. The molecule has 0 radical (unpaired) electrons. The second-order valence-corrected chi connectivity index (χ2v) is 5.01. The number of para-hydroxylation sites is 1. The van der Waals surface area contributed by atoms with E-state index in [2.05, 4.69) is 25.9 Å². The Hall–Kier alpha value is -3.09. The van der Waals surface area contributed by atoms with Crippen LogP contribution in [0, 0.1) is 5.82 Å². The second kappa shape index (κ2) is 6.78. The number of aromatic amines is 1. The summed E-state index contributed by atoms with van der Waals surface area (Å²) in [4.78, 5) is 12.6. The van der Waals surface area contributed by atoms with Crippen LogP contribution in [-0.4, -0.2) is 26.5 Å². The van der Waals surface area contributed by atoms with Crippen LogP contribution in [0.25, 0.3) is 0 Å². The Morgan fingerprint density at radius 3 is 2.52 bits per heavy atom. The number of carbonyl (C=O) groups excluding carboxylic acids is 1. The van der Waals surface area contributed by atoms with Gasteiger partial charge in [0.25, 0.3) is 0 Å². The van der Waals surface area contributed by atoms with Gasteiger partial charge in [0.15, 0.2) is 5.82 Å². The van der Waals surface area contributed by atoms with Crippen molar-refractivity contribution in [3.8, 4) is 0 Å². The Morgan fingerprint density at radius 2 is 1.87 bits per heavy atom. The molecular weight excluding hydrogens is 297 g/mol. The molecule has 1 unspecified atom stereocenters. The zero-order chi connectivity index (χ0) is 16.1. The Balaban J connectivity index is 1.81. The van der Waals surface area contributed by atoms with E-state index in [9.17, 15) is 9.18 Å². The number of nitrogens with one attached hydrogen (secondary N) is 2. The molecule has 0 aliphatic rings. The first kappa shape index (κ1) is 14.8. The van der Waals surface area contributed by atoms with Gasteiger partial charge in [-0.1, -0.05) is 35.5 Å². The molecule has 116 valence electrons. The lowest BCUT2D eigenvalue weighted by molar-refractivity contribution is -0.117. The van der Waals surface area contributed by atoms with Gasteiger partial charge in [0.05, 0.1) is 0 Å². The van der Waals surface area contributed by atoms with Crippen molar-refractivity contribution in [2.24, 2.45) is 0 Å². The van der Waals surface area contributed by atoms with Crippen molar-refractivity contribution < 1.29 is 9.18 Å². The molecule has 3 rings (SSSR count). The predicted molar refractivity (Wildman–Crippen MR) is 82.1 cm³/mol. The first-order valence-electron chi connectivity index (χ1n) is 7.06. The molecule has 0 aliphatic heterocycles. The summed E-state index contributed by atoms with van der Waals surface area (Å²) in [6.07, 6.45) is 0.346. The van der Waals surface area contributed by atoms with Gasteiger partial charge >= 0.3 is 0 Å². The zero-order valence-corrected chi connectivity index (χ0v) is 12.1. The van der Waals surface area contributed by atoms with Crippen LogP contribution in [-0.2, 0) is 11.2 Å². The molecule has 2 aromatic carbocycles. The summed E-state index contributed by atoms with van der Waals surface area (Å²) in [6, 6.07) is 15.1. The number of hydrogen-bond donors (Lipinski definition) is 2. The maximum Gasteiger partial charge on any atom is 0.235 e. The molecule has 0 bridgehead atoms. The quantitative estimate of drug-likeness (QED) is 0.757. The molecule has 0 saturated carbocycles. The van der Waals surface area contributed by atoms with Gasteiger partial charge in [-0.25, -0.2) is 4.39 Å². The maximum atomic E-state index is 13.0. The number of carbonyl (C=O) groups is 1. The average Bonchev–Trinajstić information content (AvgIpc) is 3.09. The van der Waals surface area contributed by atoms with Crippen molar-refractivity contribution in [2.45, 2.75) is 12.3 Å². The van der Waals surface area contributed by atoms with Gasteiger partial charge < -0.3 is 5.32 Å². The van der Waals surface area contributed by atoms with Crippen LogP contribution in [0.3, 0.4) is 0 Å². The van der Waals surface area contributed by atoms with Gasteiger partial charge in [0, 0.05) is 5.69 Å². The molecular formula is C16H14FN5O. The van der Waals surface area contributed by atoms with Crippen molar-refractivity contribution in [1.29, 1.82) is 0 Å². The van der Waals surface area contributed by atoms with Crippen LogP contribution in [0.4, 0.5) is 10.1 Å². The van der Waals surface area contributed by atoms with Crippen LogP contribution in [0.2, 0.25) is 0 Å². The summed E-state index contributed by atoms with van der Waals surface area (Å²) in [5.41, 5.74) is 1.49. The second-order valence-electron chi connectivity index (χ2n) is 5.01. The Kier molecular flexibility index (Phi) is 4.37. The Morgan fingerprint density at radius 1 is 1.13 bits per heavy atom. The monoisotopic (exact) mass is 311 g/mol. The lowest BCUT2D eigenvalue weighted by atomic mass is 9.97. The van der Waals surface area contributed by atoms with Gasteiger partial charge in [-0.2, -0.15) is 5.21 Å². The van der Waals surface area contributed by atoms with Crippen LogP contribution in [0.5, 0.6) is 0 Å². The highest BCUT2D eigenvalue weighted by molar-refractivity contribution is 5.95. The number of halogens is 1.